The topological polar surface area (TPSA) is 81.1 Å². The lowest BCUT2D eigenvalue weighted by molar-refractivity contribution is -0.124. The second-order valence-electron chi connectivity index (χ2n) is 4.24. The van der Waals surface area contributed by atoms with E-state index in [4.69, 9.17) is 11.5 Å². The van der Waals surface area contributed by atoms with Gasteiger partial charge in [-0.25, -0.2) is 0 Å². The average molecular weight is 215 g/mol. The van der Waals surface area contributed by atoms with Gasteiger partial charge in [0.05, 0.1) is 0 Å². The number of rotatable bonds is 8. The summed E-state index contributed by atoms with van der Waals surface area (Å²) in [5.74, 6) is 0.217. The maximum Gasteiger partial charge on any atom is 0.222 e. The molecular formula is C11H25N3O. The summed E-state index contributed by atoms with van der Waals surface area (Å²) < 4.78 is 0. The zero-order chi connectivity index (χ0) is 11.7. The first-order valence-corrected chi connectivity index (χ1v) is 5.81. The third-order valence-electron chi connectivity index (χ3n) is 2.42. The van der Waals surface area contributed by atoms with Crippen LogP contribution in [0, 0.1) is 5.92 Å². The lowest BCUT2D eigenvalue weighted by atomic mass is 10.0. The van der Waals surface area contributed by atoms with E-state index in [1.807, 2.05) is 13.8 Å². The first-order valence-electron chi connectivity index (χ1n) is 5.81. The van der Waals surface area contributed by atoms with Gasteiger partial charge < -0.3 is 16.8 Å². The van der Waals surface area contributed by atoms with Crippen LogP contribution in [0.15, 0.2) is 0 Å². The summed E-state index contributed by atoms with van der Waals surface area (Å²) in [6, 6.07) is 0.234. The van der Waals surface area contributed by atoms with Crippen molar-refractivity contribution < 1.29 is 4.79 Å². The van der Waals surface area contributed by atoms with Gasteiger partial charge in [-0.2, -0.15) is 0 Å². The third-order valence-corrected chi connectivity index (χ3v) is 2.42. The normalized spacial score (nSPS) is 14.7. The molecule has 0 rings (SSSR count). The van der Waals surface area contributed by atoms with Crippen molar-refractivity contribution in [1.29, 1.82) is 0 Å². The fraction of sp³-hybridized carbons (Fsp3) is 0.909. The van der Waals surface area contributed by atoms with Crippen LogP contribution in [-0.2, 0) is 4.79 Å². The van der Waals surface area contributed by atoms with E-state index in [1.54, 1.807) is 0 Å². The maximum atomic E-state index is 11.5. The summed E-state index contributed by atoms with van der Waals surface area (Å²) in [5, 5.41) is 2.87. The molecule has 2 unspecified atom stereocenters. The molecule has 0 spiro atoms. The van der Waals surface area contributed by atoms with Crippen molar-refractivity contribution in [3.63, 3.8) is 0 Å². The van der Waals surface area contributed by atoms with Crippen LogP contribution < -0.4 is 16.8 Å². The maximum absolute atomic E-state index is 11.5. The van der Waals surface area contributed by atoms with E-state index in [1.165, 1.54) is 0 Å². The Balaban J connectivity index is 3.51. The number of carbonyl (C=O) groups excluding carboxylic acids is 1. The zero-order valence-corrected chi connectivity index (χ0v) is 9.96. The highest BCUT2D eigenvalue weighted by molar-refractivity contribution is 5.78. The van der Waals surface area contributed by atoms with Crippen LogP contribution in [0.3, 0.4) is 0 Å². The Morgan fingerprint density at radius 2 is 1.93 bits per heavy atom. The van der Waals surface area contributed by atoms with E-state index < -0.39 is 0 Å². The lowest BCUT2D eigenvalue weighted by Crippen LogP contribution is -2.31. The van der Waals surface area contributed by atoms with Crippen molar-refractivity contribution in [2.45, 2.75) is 45.6 Å². The highest BCUT2D eigenvalue weighted by atomic mass is 16.1. The Morgan fingerprint density at radius 1 is 1.27 bits per heavy atom. The van der Waals surface area contributed by atoms with Crippen molar-refractivity contribution >= 4 is 5.91 Å². The van der Waals surface area contributed by atoms with Gasteiger partial charge >= 0.3 is 0 Å². The second kappa shape index (κ2) is 8.68. The highest BCUT2D eigenvalue weighted by Crippen LogP contribution is 2.08. The molecule has 0 heterocycles. The Kier molecular flexibility index (Phi) is 8.33. The first kappa shape index (κ1) is 14.4. The van der Waals surface area contributed by atoms with E-state index in [2.05, 4.69) is 5.32 Å². The summed E-state index contributed by atoms with van der Waals surface area (Å²) in [6.45, 7) is 5.26. The van der Waals surface area contributed by atoms with E-state index in [9.17, 15) is 4.79 Å². The fourth-order valence-corrected chi connectivity index (χ4v) is 1.36. The second-order valence-corrected chi connectivity index (χ2v) is 4.24. The van der Waals surface area contributed by atoms with Gasteiger partial charge in [0.25, 0.3) is 0 Å². The SMILES string of the molecule is CC(N)CCCC(C)C(=O)NCCCN. The molecule has 0 aromatic heterocycles. The van der Waals surface area contributed by atoms with E-state index >= 15 is 0 Å². The first-order chi connectivity index (χ1) is 7.07. The Bertz CT molecular complexity index is 171. The summed E-state index contributed by atoms with van der Waals surface area (Å²) in [7, 11) is 0. The summed E-state index contributed by atoms with van der Waals surface area (Å²) in [6.07, 6.45) is 3.76. The molecule has 4 nitrogen and oxygen atoms in total. The molecule has 0 bridgehead atoms. The molecule has 90 valence electrons. The van der Waals surface area contributed by atoms with Crippen LogP contribution in [0.25, 0.3) is 0 Å². The minimum atomic E-state index is 0.0847. The molecule has 0 saturated heterocycles. The molecule has 15 heavy (non-hydrogen) atoms. The number of nitrogens with two attached hydrogens (primary N) is 2. The standard InChI is InChI=1S/C11H25N3O/c1-9(5-3-6-10(2)13)11(15)14-8-4-7-12/h9-10H,3-8,12-13H2,1-2H3,(H,14,15). The van der Waals surface area contributed by atoms with Gasteiger partial charge in [0.1, 0.15) is 0 Å². The number of nitrogens with one attached hydrogen (secondary N) is 1. The molecule has 0 aromatic rings. The number of amides is 1. The van der Waals surface area contributed by atoms with Crippen molar-refractivity contribution in [3.8, 4) is 0 Å². The van der Waals surface area contributed by atoms with Crippen LogP contribution in [0.4, 0.5) is 0 Å². The highest BCUT2D eigenvalue weighted by Gasteiger charge is 2.11. The fourth-order valence-electron chi connectivity index (χ4n) is 1.36. The Morgan fingerprint density at radius 3 is 2.47 bits per heavy atom. The quantitative estimate of drug-likeness (QED) is 0.519. The van der Waals surface area contributed by atoms with E-state index in [0.29, 0.717) is 13.1 Å². The minimum Gasteiger partial charge on any atom is -0.356 e. The molecule has 1 amide bonds. The number of carbonyl (C=O) groups is 1. The van der Waals surface area contributed by atoms with Crippen molar-refractivity contribution in [1.82, 2.24) is 5.32 Å². The minimum absolute atomic E-state index is 0.0847. The monoisotopic (exact) mass is 215 g/mol. The van der Waals surface area contributed by atoms with Crippen LogP contribution in [0.1, 0.15) is 39.5 Å². The number of hydrogen-bond acceptors (Lipinski definition) is 3. The molecule has 0 aromatic carbocycles. The Hall–Kier alpha value is -0.610. The molecule has 5 N–H and O–H groups in total. The van der Waals surface area contributed by atoms with Gasteiger partial charge in [-0.1, -0.05) is 13.3 Å². The largest absolute Gasteiger partial charge is 0.356 e. The lowest BCUT2D eigenvalue weighted by Gasteiger charge is -2.12. The average Bonchev–Trinajstić information content (AvgIpc) is 2.17. The molecule has 0 radical (unpaired) electrons. The Labute approximate surface area is 92.8 Å². The van der Waals surface area contributed by atoms with Gasteiger partial charge in [-0.3, -0.25) is 4.79 Å². The van der Waals surface area contributed by atoms with Gasteiger partial charge in [0, 0.05) is 18.5 Å². The summed E-state index contributed by atoms with van der Waals surface area (Å²) >= 11 is 0. The van der Waals surface area contributed by atoms with Gasteiger partial charge in [-0.05, 0) is 32.7 Å². The predicted molar refractivity (Wildman–Crippen MR) is 63.3 cm³/mol. The summed E-state index contributed by atoms with van der Waals surface area (Å²) in [4.78, 5) is 11.5. The van der Waals surface area contributed by atoms with E-state index in [-0.39, 0.29) is 17.9 Å². The van der Waals surface area contributed by atoms with Gasteiger partial charge in [0.15, 0.2) is 0 Å². The van der Waals surface area contributed by atoms with Crippen molar-refractivity contribution in [2.24, 2.45) is 17.4 Å². The van der Waals surface area contributed by atoms with Crippen LogP contribution in [0.5, 0.6) is 0 Å². The molecule has 0 saturated carbocycles. The third kappa shape index (κ3) is 8.39. The molecular weight excluding hydrogens is 190 g/mol. The predicted octanol–water partition coefficient (Wildman–Crippen LogP) is 0.605. The van der Waals surface area contributed by atoms with Gasteiger partial charge in [-0.15, -0.1) is 0 Å². The van der Waals surface area contributed by atoms with Crippen LogP contribution >= 0.6 is 0 Å². The molecule has 0 aliphatic rings. The number of hydrogen-bond donors (Lipinski definition) is 3. The molecule has 0 aliphatic carbocycles. The van der Waals surface area contributed by atoms with E-state index in [0.717, 1.165) is 25.7 Å². The van der Waals surface area contributed by atoms with Crippen LogP contribution in [0.2, 0.25) is 0 Å². The molecule has 2 atom stereocenters. The molecule has 0 aliphatic heterocycles. The molecule has 4 heteroatoms. The summed E-state index contributed by atoms with van der Waals surface area (Å²) in [5.41, 5.74) is 11.0. The van der Waals surface area contributed by atoms with Gasteiger partial charge in [0.2, 0.25) is 5.91 Å². The smallest absolute Gasteiger partial charge is 0.222 e. The van der Waals surface area contributed by atoms with Crippen molar-refractivity contribution in [2.75, 3.05) is 13.1 Å². The van der Waals surface area contributed by atoms with Crippen molar-refractivity contribution in [3.05, 3.63) is 0 Å². The van der Waals surface area contributed by atoms with Crippen LogP contribution in [-0.4, -0.2) is 25.0 Å². The zero-order valence-electron chi connectivity index (χ0n) is 9.96. The molecule has 0 fully saturated rings.